The van der Waals surface area contributed by atoms with E-state index in [0.717, 1.165) is 25.1 Å². The molecular weight excluding hydrogens is 441 g/mol. The van der Waals surface area contributed by atoms with Crippen molar-refractivity contribution in [2.24, 2.45) is 0 Å². The standard InChI is InChI=1S/C18H15F3N4O7/c1-9(32-17(27)12-7-10(24(28)29)3-5-14(12)22-2)16(26)23-15-6-4-11(25(30)31)8-13(15)18(19,20)21/h3-9,22H,1-2H3,(H,23,26). The largest absolute Gasteiger partial charge is 0.449 e. The molecule has 0 saturated heterocycles. The Morgan fingerprint density at radius 1 is 1.00 bits per heavy atom. The molecule has 0 spiro atoms. The van der Waals surface area contributed by atoms with E-state index in [9.17, 15) is 43.0 Å². The highest BCUT2D eigenvalue weighted by Gasteiger charge is 2.36. The highest BCUT2D eigenvalue weighted by atomic mass is 19.4. The zero-order valence-electron chi connectivity index (χ0n) is 16.4. The Kier molecular flexibility index (Phi) is 6.97. The molecule has 1 atom stereocenters. The van der Waals surface area contributed by atoms with Gasteiger partial charge < -0.3 is 15.4 Å². The van der Waals surface area contributed by atoms with E-state index >= 15 is 0 Å². The van der Waals surface area contributed by atoms with Crippen LogP contribution in [0.15, 0.2) is 36.4 Å². The van der Waals surface area contributed by atoms with Crippen LogP contribution >= 0.6 is 0 Å². The van der Waals surface area contributed by atoms with E-state index in [2.05, 4.69) is 5.32 Å². The molecule has 2 rings (SSSR count). The van der Waals surface area contributed by atoms with E-state index in [1.807, 2.05) is 5.32 Å². The Labute approximate surface area is 177 Å². The first kappa shape index (κ1) is 24.0. The number of nitro benzene ring substituents is 2. The van der Waals surface area contributed by atoms with Gasteiger partial charge in [-0.1, -0.05) is 0 Å². The molecule has 0 radical (unpaired) electrons. The summed E-state index contributed by atoms with van der Waals surface area (Å²) in [4.78, 5) is 44.6. The molecule has 1 unspecified atom stereocenters. The molecule has 2 aromatic carbocycles. The van der Waals surface area contributed by atoms with Crippen molar-refractivity contribution in [3.63, 3.8) is 0 Å². The van der Waals surface area contributed by atoms with Gasteiger partial charge in [0.15, 0.2) is 6.10 Å². The van der Waals surface area contributed by atoms with Crippen LogP contribution in [0.2, 0.25) is 0 Å². The summed E-state index contributed by atoms with van der Waals surface area (Å²) in [6.07, 6.45) is -6.62. The van der Waals surface area contributed by atoms with Crippen LogP contribution < -0.4 is 10.6 Å². The van der Waals surface area contributed by atoms with Crippen LogP contribution in [0, 0.1) is 20.2 Å². The Morgan fingerprint density at radius 2 is 1.53 bits per heavy atom. The van der Waals surface area contributed by atoms with Crippen molar-refractivity contribution >= 4 is 34.6 Å². The number of nitrogens with zero attached hydrogens (tertiary/aromatic N) is 2. The summed E-state index contributed by atoms with van der Waals surface area (Å²) in [6, 6.07) is 5.01. The Balaban J connectivity index is 2.24. The van der Waals surface area contributed by atoms with Gasteiger partial charge in [0, 0.05) is 37.0 Å². The molecule has 2 N–H and O–H groups in total. The number of non-ortho nitro benzene ring substituents is 2. The smallest absolute Gasteiger partial charge is 0.418 e. The van der Waals surface area contributed by atoms with E-state index < -0.39 is 56.6 Å². The van der Waals surface area contributed by atoms with Crippen LogP contribution in [0.4, 0.5) is 35.9 Å². The van der Waals surface area contributed by atoms with Crippen molar-refractivity contribution in [3.05, 3.63) is 67.8 Å². The molecular formula is C18H15F3N4O7. The molecule has 14 heteroatoms. The number of nitrogens with one attached hydrogen (secondary N) is 2. The van der Waals surface area contributed by atoms with Crippen molar-refractivity contribution in [1.29, 1.82) is 0 Å². The number of esters is 1. The average Bonchev–Trinajstić information content (AvgIpc) is 2.72. The molecule has 2 aromatic rings. The lowest BCUT2D eigenvalue weighted by molar-refractivity contribution is -0.385. The number of carbonyl (C=O) groups excluding carboxylic acids is 2. The number of nitro groups is 2. The van der Waals surface area contributed by atoms with Crippen molar-refractivity contribution in [2.45, 2.75) is 19.2 Å². The second-order valence-corrected chi connectivity index (χ2v) is 6.26. The quantitative estimate of drug-likeness (QED) is 0.363. The van der Waals surface area contributed by atoms with E-state index in [0.29, 0.717) is 6.07 Å². The molecule has 1 amide bonds. The second-order valence-electron chi connectivity index (χ2n) is 6.26. The van der Waals surface area contributed by atoms with Gasteiger partial charge >= 0.3 is 12.1 Å². The second kappa shape index (κ2) is 9.28. The van der Waals surface area contributed by atoms with E-state index in [1.165, 1.54) is 13.1 Å². The summed E-state index contributed by atoms with van der Waals surface area (Å²) in [7, 11) is 1.43. The number of benzene rings is 2. The Hall–Kier alpha value is -4.23. The van der Waals surface area contributed by atoms with E-state index in [4.69, 9.17) is 4.74 Å². The number of halogens is 3. The fourth-order valence-corrected chi connectivity index (χ4v) is 2.53. The molecule has 0 aliphatic rings. The van der Waals surface area contributed by atoms with E-state index in [-0.39, 0.29) is 17.3 Å². The molecule has 0 saturated carbocycles. The number of hydrogen-bond donors (Lipinski definition) is 2. The third kappa shape index (κ3) is 5.47. The van der Waals surface area contributed by atoms with Crippen molar-refractivity contribution in [2.75, 3.05) is 17.7 Å². The summed E-state index contributed by atoms with van der Waals surface area (Å²) in [5.41, 5.74) is -3.61. The van der Waals surface area contributed by atoms with Gasteiger partial charge in [0.2, 0.25) is 0 Å². The van der Waals surface area contributed by atoms with Gasteiger partial charge in [0.05, 0.1) is 26.7 Å². The number of alkyl halides is 3. The van der Waals surface area contributed by atoms with E-state index in [1.54, 1.807) is 0 Å². The third-order valence-electron chi connectivity index (χ3n) is 4.13. The van der Waals surface area contributed by atoms with Gasteiger partial charge in [-0.15, -0.1) is 0 Å². The average molecular weight is 456 g/mol. The molecule has 170 valence electrons. The lowest BCUT2D eigenvalue weighted by Gasteiger charge is -2.17. The SMILES string of the molecule is CNc1ccc([N+](=O)[O-])cc1C(=O)OC(C)C(=O)Nc1ccc([N+](=O)[O-])cc1C(F)(F)F. The predicted octanol–water partition coefficient (Wildman–Crippen LogP) is 3.75. The van der Waals surface area contributed by atoms with Crippen LogP contribution in [0.5, 0.6) is 0 Å². The summed E-state index contributed by atoms with van der Waals surface area (Å²) in [5, 5.41) is 26.2. The first-order chi connectivity index (χ1) is 14.8. The van der Waals surface area contributed by atoms with Gasteiger partial charge in [-0.05, 0) is 19.1 Å². The predicted molar refractivity (Wildman–Crippen MR) is 104 cm³/mol. The van der Waals surface area contributed by atoms with Crippen LogP contribution in [-0.4, -0.2) is 34.9 Å². The Bertz CT molecular complexity index is 1090. The maximum atomic E-state index is 13.2. The summed E-state index contributed by atoms with van der Waals surface area (Å²) in [5.74, 6) is -2.30. The topological polar surface area (TPSA) is 154 Å². The first-order valence-electron chi connectivity index (χ1n) is 8.68. The van der Waals surface area contributed by atoms with Crippen LogP contribution in [-0.2, 0) is 15.7 Å². The summed E-state index contributed by atoms with van der Waals surface area (Å²) >= 11 is 0. The van der Waals surface area contributed by atoms with Gasteiger partial charge in [0.25, 0.3) is 17.3 Å². The molecule has 11 nitrogen and oxygen atoms in total. The zero-order valence-corrected chi connectivity index (χ0v) is 16.4. The number of amides is 1. The maximum Gasteiger partial charge on any atom is 0.418 e. The first-order valence-corrected chi connectivity index (χ1v) is 8.68. The minimum atomic E-state index is -5.01. The minimum absolute atomic E-state index is 0.155. The van der Waals surface area contributed by atoms with Gasteiger partial charge in [-0.2, -0.15) is 13.2 Å². The summed E-state index contributed by atoms with van der Waals surface area (Å²) in [6.45, 7) is 1.07. The zero-order chi connectivity index (χ0) is 24.2. The highest BCUT2D eigenvalue weighted by molar-refractivity contribution is 6.00. The van der Waals surface area contributed by atoms with Gasteiger partial charge in [0.1, 0.15) is 0 Å². The third-order valence-corrected chi connectivity index (χ3v) is 4.13. The molecule has 0 aliphatic heterocycles. The van der Waals surface area contributed by atoms with Crippen molar-refractivity contribution in [3.8, 4) is 0 Å². The highest BCUT2D eigenvalue weighted by Crippen LogP contribution is 2.37. The Morgan fingerprint density at radius 3 is 2.03 bits per heavy atom. The molecule has 32 heavy (non-hydrogen) atoms. The lowest BCUT2D eigenvalue weighted by atomic mass is 10.1. The normalized spacial score (nSPS) is 11.9. The van der Waals surface area contributed by atoms with Gasteiger partial charge in [-0.3, -0.25) is 25.0 Å². The molecule has 0 heterocycles. The summed E-state index contributed by atoms with van der Waals surface area (Å²) < 4.78 is 44.7. The van der Waals surface area contributed by atoms with Crippen LogP contribution in [0.1, 0.15) is 22.8 Å². The molecule has 0 bridgehead atoms. The molecule has 0 aliphatic carbocycles. The van der Waals surface area contributed by atoms with Crippen LogP contribution in [0.25, 0.3) is 0 Å². The molecule has 0 fully saturated rings. The number of rotatable bonds is 7. The fraction of sp³-hybridized carbons (Fsp3) is 0.222. The monoisotopic (exact) mass is 456 g/mol. The fourth-order valence-electron chi connectivity index (χ4n) is 2.53. The molecule has 0 aromatic heterocycles. The lowest BCUT2D eigenvalue weighted by Crippen LogP contribution is -2.31. The minimum Gasteiger partial charge on any atom is -0.449 e. The number of anilines is 2. The van der Waals surface area contributed by atoms with Crippen LogP contribution in [0.3, 0.4) is 0 Å². The van der Waals surface area contributed by atoms with Gasteiger partial charge in [-0.25, -0.2) is 4.79 Å². The van der Waals surface area contributed by atoms with Crippen molar-refractivity contribution in [1.82, 2.24) is 0 Å². The maximum absolute atomic E-state index is 13.2. The number of hydrogen-bond acceptors (Lipinski definition) is 8. The van der Waals surface area contributed by atoms with Crippen molar-refractivity contribution < 1.29 is 37.3 Å². The number of carbonyl (C=O) groups is 2. The number of ether oxygens (including phenoxy) is 1.